The molecule has 0 fully saturated rings. The molecule has 3 N–H and O–H groups in total. The molecule has 0 spiro atoms. The number of para-hydroxylation sites is 1. The van der Waals surface area contributed by atoms with Crippen LogP contribution in [0.4, 0.5) is 0 Å². The van der Waals surface area contributed by atoms with Gasteiger partial charge in [-0.25, -0.2) is 0 Å². The fraction of sp³-hybridized carbons (Fsp3) is 0.308. The number of hydrogen-bond donors (Lipinski definition) is 3. The summed E-state index contributed by atoms with van der Waals surface area (Å²) in [6, 6.07) is 8.39. The summed E-state index contributed by atoms with van der Waals surface area (Å²) < 4.78 is 0. The number of H-pyrrole nitrogens is 1. The molecule has 1 aromatic heterocycles. The zero-order chi connectivity index (χ0) is 12.3. The van der Waals surface area contributed by atoms with Gasteiger partial charge in [0.2, 0.25) is 0 Å². The third-order valence-corrected chi connectivity index (χ3v) is 3.26. The molecule has 0 saturated heterocycles. The van der Waals surface area contributed by atoms with Crippen molar-refractivity contribution in [2.45, 2.75) is 13.3 Å². The fourth-order valence-corrected chi connectivity index (χ4v) is 2.15. The Morgan fingerprint density at radius 1 is 1.35 bits per heavy atom. The Morgan fingerprint density at radius 2 is 2.12 bits per heavy atom. The van der Waals surface area contributed by atoms with Crippen molar-refractivity contribution < 1.29 is 0 Å². The van der Waals surface area contributed by atoms with Gasteiger partial charge in [0.05, 0.1) is 0 Å². The van der Waals surface area contributed by atoms with E-state index in [0.717, 1.165) is 13.0 Å². The van der Waals surface area contributed by atoms with E-state index in [0.29, 0.717) is 5.11 Å². The van der Waals surface area contributed by atoms with Crippen LogP contribution >= 0.6 is 12.2 Å². The number of nitrogens with one attached hydrogen (secondary N) is 3. The maximum atomic E-state index is 5.05. The molecule has 0 radical (unpaired) electrons. The van der Waals surface area contributed by atoms with Gasteiger partial charge in [-0.3, -0.25) is 0 Å². The summed E-state index contributed by atoms with van der Waals surface area (Å²) in [5.74, 6) is 0. The second-order valence-electron chi connectivity index (χ2n) is 4.03. The second kappa shape index (κ2) is 5.19. The molecular formula is C13H17N3S. The summed E-state index contributed by atoms with van der Waals surface area (Å²) in [5, 5.41) is 8.08. The van der Waals surface area contributed by atoms with Crippen LogP contribution in [0.1, 0.15) is 11.3 Å². The van der Waals surface area contributed by atoms with Crippen molar-refractivity contribution in [1.82, 2.24) is 15.6 Å². The molecule has 1 heterocycles. The van der Waals surface area contributed by atoms with Crippen molar-refractivity contribution in [2.24, 2.45) is 0 Å². The van der Waals surface area contributed by atoms with Gasteiger partial charge < -0.3 is 15.6 Å². The van der Waals surface area contributed by atoms with E-state index in [4.69, 9.17) is 12.2 Å². The average Bonchev–Trinajstić information content (AvgIpc) is 2.66. The average molecular weight is 247 g/mol. The van der Waals surface area contributed by atoms with Crippen molar-refractivity contribution >= 4 is 28.2 Å². The Kier molecular flexibility index (Phi) is 3.64. The molecule has 17 heavy (non-hydrogen) atoms. The number of hydrogen-bond acceptors (Lipinski definition) is 1. The molecule has 0 bridgehead atoms. The number of benzene rings is 1. The van der Waals surface area contributed by atoms with Crippen molar-refractivity contribution in [3.8, 4) is 0 Å². The SMILES string of the molecule is CNC(=S)NCCc1c(C)[nH]c2ccccc12. The van der Waals surface area contributed by atoms with E-state index in [1.165, 1.54) is 22.2 Å². The molecule has 0 aliphatic rings. The van der Waals surface area contributed by atoms with Gasteiger partial charge in [-0.2, -0.15) is 0 Å². The Labute approximate surface area is 107 Å². The number of thiocarbonyl (C=S) groups is 1. The highest BCUT2D eigenvalue weighted by Gasteiger charge is 2.07. The van der Waals surface area contributed by atoms with Gasteiger partial charge in [-0.15, -0.1) is 0 Å². The number of aryl methyl sites for hydroxylation is 1. The van der Waals surface area contributed by atoms with Gasteiger partial charge in [-0.1, -0.05) is 18.2 Å². The first-order valence-electron chi connectivity index (χ1n) is 5.74. The van der Waals surface area contributed by atoms with Crippen LogP contribution < -0.4 is 10.6 Å². The molecule has 0 amide bonds. The summed E-state index contributed by atoms with van der Waals surface area (Å²) in [6.45, 7) is 2.97. The molecule has 0 aliphatic heterocycles. The monoisotopic (exact) mass is 247 g/mol. The minimum atomic E-state index is 0.697. The van der Waals surface area contributed by atoms with Crippen LogP contribution in [0, 0.1) is 6.92 Å². The highest BCUT2D eigenvalue weighted by atomic mass is 32.1. The topological polar surface area (TPSA) is 39.8 Å². The molecule has 2 aromatic rings. The molecule has 1 aromatic carbocycles. The number of aromatic nitrogens is 1. The first kappa shape index (κ1) is 11.9. The van der Waals surface area contributed by atoms with Crippen LogP contribution in [-0.4, -0.2) is 23.7 Å². The predicted octanol–water partition coefficient (Wildman–Crippen LogP) is 2.11. The van der Waals surface area contributed by atoms with Crippen LogP contribution in [0.5, 0.6) is 0 Å². The first-order valence-corrected chi connectivity index (χ1v) is 6.15. The standard InChI is InChI=1S/C13H17N3S/c1-9-10(7-8-15-13(17)14-2)11-5-3-4-6-12(11)16-9/h3-6,16H,7-8H2,1-2H3,(H2,14,15,17). The van der Waals surface area contributed by atoms with Crippen LogP contribution in [0.25, 0.3) is 10.9 Å². The van der Waals surface area contributed by atoms with Gasteiger partial charge >= 0.3 is 0 Å². The van der Waals surface area contributed by atoms with E-state index in [1.807, 2.05) is 7.05 Å². The normalized spacial score (nSPS) is 10.5. The maximum Gasteiger partial charge on any atom is 0.166 e. The summed E-state index contributed by atoms with van der Waals surface area (Å²) >= 11 is 5.05. The minimum Gasteiger partial charge on any atom is -0.366 e. The van der Waals surface area contributed by atoms with E-state index < -0.39 is 0 Å². The van der Waals surface area contributed by atoms with E-state index in [-0.39, 0.29) is 0 Å². The van der Waals surface area contributed by atoms with Gasteiger partial charge in [0, 0.05) is 30.2 Å². The summed E-state index contributed by atoms with van der Waals surface area (Å²) in [5.41, 5.74) is 3.81. The number of rotatable bonds is 3. The lowest BCUT2D eigenvalue weighted by Crippen LogP contribution is -2.33. The quantitative estimate of drug-likeness (QED) is 0.728. The zero-order valence-corrected chi connectivity index (χ0v) is 10.9. The predicted molar refractivity (Wildman–Crippen MR) is 76.4 cm³/mol. The highest BCUT2D eigenvalue weighted by molar-refractivity contribution is 7.80. The van der Waals surface area contributed by atoms with E-state index in [1.54, 1.807) is 0 Å². The molecule has 0 unspecified atom stereocenters. The van der Waals surface area contributed by atoms with E-state index in [9.17, 15) is 0 Å². The van der Waals surface area contributed by atoms with Crippen molar-refractivity contribution in [1.29, 1.82) is 0 Å². The summed E-state index contributed by atoms with van der Waals surface area (Å²) in [6.07, 6.45) is 0.970. The molecule has 90 valence electrons. The number of fused-ring (bicyclic) bond motifs is 1. The minimum absolute atomic E-state index is 0.697. The van der Waals surface area contributed by atoms with Crippen LogP contribution in [0.2, 0.25) is 0 Å². The fourth-order valence-electron chi connectivity index (χ4n) is 2.05. The molecule has 2 rings (SSSR count). The van der Waals surface area contributed by atoms with Crippen LogP contribution in [0.3, 0.4) is 0 Å². The first-order chi connectivity index (χ1) is 8.22. The van der Waals surface area contributed by atoms with E-state index in [2.05, 4.69) is 46.8 Å². The smallest absolute Gasteiger partial charge is 0.166 e. The molecule has 0 saturated carbocycles. The van der Waals surface area contributed by atoms with Gasteiger partial charge in [0.1, 0.15) is 0 Å². The van der Waals surface area contributed by atoms with Crippen molar-refractivity contribution in [3.63, 3.8) is 0 Å². The number of aromatic amines is 1. The zero-order valence-electron chi connectivity index (χ0n) is 10.1. The Hall–Kier alpha value is -1.55. The van der Waals surface area contributed by atoms with Crippen molar-refractivity contribution in [2.75, 3.05) is 13.6 Å². The van der Waals surface area contributed by atoms with E-state index >= 15 is 0 Å². The summed E-state index contributed by atoms with van der Waals surface area (Å²) in [7, 11) is 1.83. The molecule has 0 aliphatic carbocycles. The molecule has 4 heteroatoms. The highest BCUT2D eigenvalue weighted by Crippen LogP contribution is 2.21. The third-order valence-electron chi connectivity index (χ3n) is 2.91. The Balaban J connectivity index is 2.12. The second-order valence-corrected chi connectivity index (χ2v) is 4.44. The van der Waals surface area contributed by atoms with Gasteiger partial charge in [-0.05, 0) is 37.2 Å². The Bertz CT molecular complexity index is 530. The van der Waals surface area contributed by atoms with Crippen LogP contribution in [-0.2, 0) is 6.42 Å². The lowest BCUT2D eigenvalue weighted by atomic mass is 10.1. The largest absolute Gasteiger partial charge is 0.366 e. The van der Waals surface area contributed by atoms with Crippen molar-refractivity contribution in [3.05, 3.63) is 35.5 Å². The lowest BCUT2D eigenvalue weighted by Gasteiger charge is -2.06. The Morgan fingerprint density at radius 3 is 2.88 bits per heavy atom. The van der Waals surface area contributed by atoms with Gasteiger partial charge in [0.15, 0.2) is 5.11 Å². The molecule has 0 atom stereocenters. The molecular weight excluding hydrogens is 230 g/mol. The third kappa shape index (κ3) is 2.58. The molecule has 3 nitrogen and oxygen atoms in total. The summed E-state index contributed by atoms with van der Waals surface area (Å²) in [4.78, 5) is 3.40. The maximum absolute atomic E-state index is 5.05. The van der Waals surface area contributed by atoms with Crippen LogP contribution in [0.15, 0.2) is 24.3 Å². The van der Waals surface area contributed by atoms with Gasteiger partial charge in [0.25, 0.3) is 0 Å². The lowest BCUT2D eigenvalue weighted by molar-refractivity contribution is 0.850.